The lowest BCUT2D eigenvalue weighted by molar-refractivity contribution is -0.118. The van der Waals surface area contributed by atoms with Crippen LogP contribution in [0, 0.1) is 5.82 Å². The van der Waals surface area contributed by atoms with Crippen LogP contribution in [-0.2, 0) is 9.59 Å². The molecule has 0 aromatic heterocycles. The van der Waals surface area contributed by atoms with Crippen LogP contribution in [0.25, 0.3) is 0 Å². The second-order valence-electron chi connectivity index (χ2n) is 4.91. The summed E-state index contributed by atoms with van der Waals surface area (Å²) in [5.74, 6) is -1.43. The topological polar surface area (TPSA) is 67.4 Å². The fourth-order valence-electron chi connectivity index (χ4n) is 1.85. The van der Waals surface area contributed by atoms with Crippen molar-refractivity contribution in [2.75, 3.05) is 17.2 Å². The van der Waals surface area contributed by atoms with Gasteiger partial charge in [-0.15, -0.1) is 0 Å². The molecule has 0 saturated carbocycles. The van der Waals surface area contributed by atoms with Gasteiger partial charge in [0.2, 0.25) is 5.91 Å². The molecular weight excluding hydrogens is 394 g/mol. The maximum absolute atomic E-state index is 13.8. The lowest BCUT2D eigenvalue weighted by Crippen LogP contribution is -2.21. The minimum atomic E-state index is -0.657. The molecule has 5 nitrogen and oxygen atoms in total. The second-order valence-corrected chi connectivity index (χ2v) is 6.13. The highest BCUT2D eigenvalue weighted by atomic mass is 35.5. The molecule has 2 rings (SSSR count). The molecule has 0 fully saturated rings. The molecule has 132 valence electrons. The number of amides is 2. The quantitative estimate of drug-likeness (QED) is 0.705. The fraction of sp³-hybridized carbons (Fsp3) is 0.125. The Morgan fingerprint density at radius 2 is 1.72 bits per heavy atom. The fourth-order valence-corrected chi connectivity index (χ4v) is 2.44. The van der Waals surface area contributed by atoms with E-state index in [1.807, 2.05) is 0 Å². The van der Waals surface area contributed by atoms with E-state index in [1.54, 1.807) is 0 Å². The van der Waals surface area contributed by atoms with Gasteiger partial charge < -0.3 is 15.4 Å². The van der Waals surface area contributed by atoms with Crippen molar-refractivity contribution in [3.05, 3.63) is 51.2 Å². The maximum atomic E-state index is 13.8. The van der Waals surface area contributed by atoms with Crippen LogP contribution in [0.15, 0.2) is 30.3 Å². The Kier molecular flexibility index (Phi) is 6.47. The van der Waals surface area contributed by atoms with Crippen molar-refractivity contribution >= 4 is 58.0 Å². The number of rotatable bonds is 5. The zero-order chi connectivity index (χ0) is 18.6. The molecule has 25 heavy (non-hydrogen) atoms. The molecule has 2 N–H and O–H groups in total. The molecule has 2 aromatic rings. The van der Waals surface area contributed by atoms with Gasteiger partial charge >= 0.3 is 0 Å². The average molecular weight is 406 g/mol. The van der Waals surface area contributed by atoms with Crippen molar-refractivity contribution in [2.45, 2.75) is 6.92 Å². The standard InChI is InChI=1S/C16H12Cl3FN2O3/c1-8(23)21-9-2-3-13(20)14(4-9)22-16(24)7-25-15-6-11(18)10(17)5-12(15)19/h2-6H,7H2,1H3,(H,21,23)(H,22,24). The van der Waals surface area contributed by atoms with Crippen LogP contribution in [0.2, 0.25) is 15.1 Å². The zero-order valence-corrected chi connectivity index (χ0v) is 15.1. The van der Waals surface area contributed by atoms with E-state index in [2.05, 4.69) is 10.6 Å². The third-order valence-electron chi connectivity index (χ3n) is 2.89. The summed E-state index contributed by atoms with van der Waals surface area (Å²) in [6.07, 6.45) is 0. The number of carbonyl (C=O) groups excluding carboxylic acids is 2. The van der Waals surface area contributed by atoms with E-state index >= 15 is 0 Å². The van der Waals surface area contributed by atoms with E-state index in [-0.39, 0.29) is 32.4 Å². The van der Waals surface area contributed by atoms with Gasteiger partial charge in [-0.25, -0.2) is 4.39 Å². The minimum absolute atomic E-state index is 0.0971. The smallest absolute Gasteiger partial charge is 0.262 e. The molecule has 0 saturated heterocycles. The van der Waals surface area contributed by atoms with Crippen molar-refractivity contribution < 1.29 is 18.7 Å². The molecule has 2 aromatic carbocycles. The number of anilines is 2. The predicted molar refractivity (Wildman–Crippen MR) is 96.3 cm³/mol. The predicted octanol–water partition coefficient (Wildman–Crippen LogP) is 4.76. The lowest BCUT2D eigenvalue weighted by Gasteiger charge is -2.11. The number of ether oxygens (including phenoxy) is 1. The summed E-state index contributed by atoms with van der Waals surface area (Å²) in [6.45, 7) is 0.887. The molecule has 0 spiro atoms. The van der Waals surface area contributed by atoms with E-state index in [4.69, 9.17) is 39.5 Å². The molecular formula is C16H12Cl3FN2O3. The Morgan fingerprint density at radius 3 is 2.40 bits per heavy atom. The third-order valence-corrected chi connectivity index (χ3v) is 3.91. The van der Waals surface area contributed by atoms with Crippen molar-refractivity contribution in [1.82, 2.24) is 0 Å². The highest BCUT2D eigenvalue weighted by Gasteiger charge is 2.12. The molecule has 0 radical (unpaired) electrons. The molecule has 0 atom stereocenters. The van der Waals surface area contributed by atoms with E-state index in [9.17, 15) is 14.0 Å². The number of carbonyl (C=O) groups is 2. The SMILES string of the molecule is CC(=O)Nc1ccc(F)c(NC(=O)COc2cc(Cl)c(Cl)cc2Cl)c1. The second kappa shape index (κ2) is 8.38. The van der Waals surface area contributed by atoms with Crippen LogP contribution in [-0.4, -0.2) is 18.4 Å². The van der Waals surface area contributed by atoms with E-state index < -0.39 is 18.3 Å². The van der Waals surface area contributed by atoms with Crippen LogP contribution >= 0.6 is 34.8 Å². The Morgan fingerprint density at radius 1 is 1.04 bits per heavy atom. The van der Waals surface area contributed by atoms with Gasteiger partial charge in [0, 0.05) is 18.7 Å². The minimum Gasteiger partial charge on any atom is -0.482 e. The van der Waals surface area contributed by atoms with Crippen molar-refractivity contribution in [2.24, 2.45) is 0 Å². The van der Waals surface area contributed by atoms with Crippen LogP contribution in [0.5, 0.6) is 5.75 Å². The van der Waals surface area contributed by atoms with E-state index in [0.717, 1.165) is 6.07 Å². The first-order valence-electron chi connectivity index (χ1n) is 6.90. The molecule has 0 aliphatic heterocycles. The maximum Gasteiger partial charge on any atom is 0.262 e. The largest absolute Gasteiger partial charge is 0.482 e. The van der Waals surface area contributed by atoms with Crippen LogP contribution in [0.1, 0.15) is 6.92 Å². The third kappa shape index (κ3) is 5.49. The van der Waals surface area contributed by atoms with Crippen molar-refractivity contribution in [3.63, 3.8) is 0 Å². The summed E-state index contributed by atoms with van der Waals surface area (Å²) in [5, 5.41) is 5.49. The highest BCUT2D eigenvalue weighted by Crippen LogP contribution is 2.33. The molecule has 9 heteroatoms. The summed E-state index contributed by atoms with van der Waals surface area (Å²) in [7, 11) is 0. The first-order chi connectivity index (χ1) is 11.8. The Hall–Kier alpha value is -2.02. The van der Waals surface area contributed by atoms with Gasteiger partial charge in [-0.05, 0) is 24.3 Å². The van der Waals surface area contributed by atoms with Crippen molar-refractivity contribution in [3.8, 4) is 5.75 Å². The van der Waals surface area contributed by atoms with E-state index in [1.165, 1.54) is 31.2 Å². The molecule has 0 unspecified atom stereocenters. The Bertz CT molecular complexity index is 831. The molecule has 0 bridgehead atoms. The number of hydrogen-bond acceptors (Lipinski definition) is 3. The van der Waals surface area contributed by atoms with Gasteiger partial charge in [0.1, 0.15) is 11.6 Å². The number of nitrogens with one attached hydrogen (secondary N) is 2. The van der Waals surface area contributed by atoms with Crippen LogP contribution in [0.4, 0.5) is 15.8 Å². The monoisotopic (exact) mass is 404 g/mol. The summed E-state index contributed by atoms with van der Waals surface area (Å²) in [6, 6.07) is 6.55. The Balaban J connectivity index is 2.03. The summed E-state index contributed by atoms with van der Waals surface area (Å²) < 4.78 is 19.0. The van der Waals surface area contributed by atoms with Gasteiger partial charge in [0.25, 0.3) is 5.91 Å². The molecule has 0 heterocycles. The van der Waals surface area contributed by atoms with Gasteiger partial charge in [0.05, 0.1) is 20.8 Å². The number of hydrogen-bond donors (Lipinski definition) is 2. The summed E-state index contributed by atoms with van der Waals surface area (Å²) in [5.41, 5.74) is 0.248. The van der Waals surface area contributed by atoms with Crippen LogP contribution < -0.4 is 15.4 Å². The molecule has 2 amide bonds. The Labute approximate surface area is 158 Å². The molecule has 0 aliphatic carbocycles. The lowest BCUT2D eigenvalue weighted by atomic mass is 10.2. The summed E-state index contributed by atoms with van der Waals surface area (Å²) in [4.78, 5) is 23.0. The first-order valence-corrected chi connectivity index (χ1v) is 8.04. The van der Waals surface area contributed by atoms with E-state index in [0.29, 0.717) is 5.69 Å². The first kappa shape index (κ1) is 19.3. The van der Waals surface area contributed by atoms with Crippen molar-refractivity contribution in [1.29, 1.82) is 0 Å². The molecule has 0 aliphatic rings. The van der Waals surface area contributed by atoms with Gasteiger partial charge in [0.15, 0.2) is 6.61 Å². The van der Waals surface area contributed by atoms with Gasteiger partial charge in [-0.3, -0.25) is 9.59 Å². The highest BCUT2D eigenvalue weighted by molar-refractivity contribution is 6.43. The number of halogens is 4. The average Bonchev–Trinajstić information content (AvgIpc) is 2.52. The van der Waals surface area contributed by atoms with Gasteiger partial charge in [-0.2, -0.15) is 0 Å². The summed E-state index contributed by atoms with van der Waals surface area (Å²) >= 11 is 17.6. The van der Waals surface area contributed by atoms with Gasteiger partial charge in [-0.1, -0.05) is 34.8 Å². The zero-order valence-electron chi connectivity index (χ0n) is 12.8. The normalized spacial score (nSPS) is 10.3. The number of benzene rings is 2. The van der Waals surface area contributed by atoms with Crippen LogP contribution in [0.3, 0.4) is 0 Å².